The third-order valence-corrected chi connectivity index (χ3v) is 8.78. The van der Waals surface area contributed by atoms with E-state index in [1.807, 2.05) is 13.8 Å². The summed E-state index contributed by atoms with van der Waals surface area (Å²) in [5.74, 6) is -0.141. The number of nitrogens with zero attached hydrogens (tertiary/aromatic N) is 1. The monoisotopic (exact) mass is 479 g/mol. The van der Waals surface area contributed by atoms with E-state index >= 15 is 0 Å². The SMILES string of the molecule is CCc1sc(C(=O)NNC(=O)C2CCCN2S(=O)(=O)c2ccc3c(c2)OCCO3)cc1C. The largest absolute Gasteiger partial charge is 0.486 e. The lowest BCUT2D eigenvalue weighted by molar-refractivity contribution is -0.125. The van der Waals surface area contributed by atoms with E-state index in [2.05, 4.69) is 10.9 Å². The Morgan fingerprint density at radius 2 is 1.91 bits per heavy atom. The van der Waals surface area contributed by atoms with E-state index in [4.69, 9.17) is 9.47 Å². The average Bonchev–Trinajstić information content (AvgIpc) is 3.44. The Balaban J connectivity index is 1.45. The Kier molecular flexibility index (Phi) is 6.40. The fraction of sp³-hybridized carbons (Fsp3) is 0.429. The number of aryl methyl sites for hydroxylation is 2. The number of fused-ring (bicyclic) bond motifs is 1. The van der Waals surface area contributed by atoms with Gasteiger partial charge in [-0.3, -0.25) is 20.4 Å². The lowest BCUT2D eigenvalue weighted by Crippen LogP contribution is -2.51. The molecule has 1 atom stereocenters. The first-order chi connectivity index (χ1) is 15.3. The predicted octanol–water partition coefficient (Wildman–Crippen LogP) is 2.00. The van der Waals surface area contributed by atoms with Crippen LogP contribution in [0.2, 0.25) is 0 Å². The molecule has 0 radical (unpaired) electrons. The highest BCUT2D eigenvalue weighted by molar-refractivity contribution is 7.89. The van der Waals surface area contributed by atoms with Crippen molar-refractivity contribution in [2.45, 2.75) is 44.0 Å². The summed E-state index contributed by atoms with van der Waals surface area (Å²) in [6.07, 6.45) is 1.73. The van der Waals surface area contributed by atoms with Gasteiger partial charge in [0.15, 0.2) is 11.5 Å². The Morgan fingerprint density at radius 3 is 2.62 bits per heavy atom. The number of hydrazine groups is 1. The topological polar surface area (TPSA) is 114 Å². The van der Waals surface area contributed by atoms with Gasteiger partial charge in [-0.25, -0.2) is 8.42 Å². The molecule has 1 aromatic carbocycles. The van der Waals surface area contributed by atoms with Crippen molar-refractivity contribution < 1.29 is 27.5 Å². The number of hydrogen-bond acceptors (Lipinski definition) is 7. The van der Waals surface area contributed by atoms with Crippen molar-refractivity contribution in [1.82, 2.24) is 15.2 Å². The lowest BCUT2D eigenvalue weighted by Gasteiger charge is -2.24. The summed E-state index contributed by atoms with van der Waals surface area (Å²) in [5.41, 5.74) is 5.83. The van der Waals surface area contributed by atoms with Crippen LogP contribution >= 0.6 is 11.3 Å². The standard InChI is InChI=1S/C21H25N3O6S2/c1-3-18-13(2)11-19(31-18)21(26)23-22-20(25)15-5-4-8-24(15)32(27,28)14-6-7-16-17(12-14)30-10-9-29-16/h6-7,11-12,15H,3-5,8-10H2,1-2H3,(H,22,25)(H,23,26). The van der Waals surface area contributed by atoms with Crippen molar-refractivity contribution in [2.75, 3.05) is 19.8 Å². The molecule has 0 bridgehead atoms. The second kappa shape index (κ2) is 9.08. The molecular formula is C21H25N3O6S2. The molecule has 1 saturated heterocycles. The second-order valence-electron chi connectivity index (χ2n) is 7.59. The summed E-state index contributed by atoms with van der Waals surface area (Å²) in [4.78, 5) is 26.8. The molecule has 3 heterocycles. The molecule has 2 amide bonds. The summed E-state index contributed by atoms with van der Waals surface area (Å²) < 4.78 is 38.6. The maximum Gasteiger partial charge on any atom is 0.279 e. The van der Waals surface area contributed by atoms with Gasteiger partial charge in [0, 0.05) is 17.5 Å². The van der Waals surface area contributed by atoms with Crippen molar-refractivity contribution >= 4 is 33.2 Å². The van der Waals surface area contributed by atoms with Crippen molar-refractivity contribution in [3.8, 4) is 11.5 Å². The maximum absolute atomic E-state index is 13.2. The van der Waals surface area contributed by atoms with Gasteiger partial charge in [-0.1, -0.05) is 6.92 Å². The number of nitrogens with one attached hydrogen (secondary N) is 2. The van der Waals surface area contributed by atoms with E-state index < -0.39 is 27.9 Å². The molecule has 1 aromatic heterocycles. The second-order valence-corrected chi connectivity index (χ2v) is 10.6. The molecule has 32 heavy (non-hydrogen) atoms. The molecule has 0 spiro atoms. The molecular weight excluding hydrogens is 454 g/mol. The van der Waals surface area contributed by atoms with Gasteiger partial charge in [0.1, 0.15) is 19.3 Å². The average molecular weight is 480 g/mol. The Bertz CT molecular complexity index is 1140. The van der Waals surface area contributed by atoms with E-state index in [0.29, 0.717) is 42.4 Å². The Labute approximate surface area is 190 Å². The van der Waals surface area contributed by atoms with Crippen LogP contribution in [-0.2, 0) is 21.2 Å². The molecule has 1 unspecified atom stereocenters. The van der Waals surface area contributed by atoms with Gasteiger partial charge < -0.3 is 9.47 Å². The Hall–Kier alpha value is -2.63. The van der Waals surface area contributed by atoms with E-state index in [-0.39, 0.29) is 11.4 Å². The highest BCUT2D eigenvalue weighted by Crippen LogP contribution is 2.34. The number of hydrogen-bond donors (Lipinski definition) is 2. The molecule has 172 valence electrons. The summed E-state index contributed by atoms with van der Waals surface area (Å²) in [6.45, 7) is 4.91. The maximum atomic E-state index is 13.2. The molecule has 1 fully saturated rings. The fourth-order valence-corrected chi connectivity index (χ4v) is 6.54. The number of ether oxygens (including phenoxy) is 2. The number of sulfonamides is 1. The molecule has 4 rings (SSSR count). The first kappa shape index (κ1) is 22.6. The van der Waals surface area contributed by atoms with Gasteiger partial charge in [0.25, 0.3) is 11.8 Å². The van der Waals surface area contributed by atoms with Crippen LogP contribution in [-0.4, -0.2) is 50.3 Å². The minimum atomic E-state index is -3.94. The lowest BCUT2D eigenvalue weighted by atomic mass is 10.2. The zero-order valence-electron chi connectivity index (χ0n) is 17.8. The van der Waals surface area contributed by atoms with Crippen LogP contribution in [0.4, 0.5) is 0 Å². The van der Waals surface area contributed by atoms with Gasteiger partial charge in [-0.05, 0) is 49.9 Å². The first-order valence-corrected chi connectivity index (χ1v) is 12.7. The quantitative estimate of drug-likeness (QED) is 0.634. The first-order valence-electron chi connectivity index (χ1n) is 10.4. The number of amides is 2. The summed E-state index contributed by atoms with van der Waals surface area (Å²) in [7, 11) is -3.94. The predicted molar refractivity (Wildman–Crippen MR) is 118 cm³/mol. The van der Waals surface area contributed by atoms with Crippen LogP contribution in [0.25, 0.3) is 0 Å². The Morgan fingerprint density at radius 1 is 1.16 bits per heavy atom. The van der Waals surface area contributed by atoms with Crippen molar-refractivity contribution in [3.05, 3.63) is 39.6 Å². The minimum Gasteiger partial charge on any atom is -0.486 e. The van der Waals surface area contributed by atoms with Gasteiger partial charge in [-0.15, -0.1) is 11.3 Å². The zero-order valence-corrected chi connectivity index (χ0v) is 19.5. The van der Waals surface area contributed by atoms with E-state index in [0.717, 1.165) is 16.9 Å². The number of carbonyl (C=O) groups is 2. The van der Waals surface area contributed by atoms with Crippen LogP contribution in [0, 0.1) is 6.92 Å². The molecule has 9 nitrogen and oxygen atoms in total. The number of rotatable bonds is 5. The van der Waals surface area contributed by atoms with Crippen LogP contribution in [0.1, 0.15) is 39.9 Å². The van der Waals surface area contributed by atoms with Crippen LogP contribution in [0.15, 0.2) is 29.2 Å². The summed E-state index contributed by atoms with van der Waals surface area (Å²) in [5, 5.41) is 0. The highest BCUT2D eigenvalue weighted by Gasteiger charge is 2.40. The third kappa shape index (κ3) is 4.32. The van der Waals surface area contributed by atoms with Crippen molar-refractivity contribution in [1.29, 1.82) is 0 Å². The van der Waals surface area contributed by atoms with Crippen LogP contribution in [0.5, 0.6) is 11.5 Å². The number of benzene rings is 1. The smallest absolute Gasteiger partial charge is 0.279 e. The fourth-order valence-electron chi connectivity index (χ4n) is 3.86. The highest BCUT2D eigenvalue weighted by atomic mass is 32.2. The summed E-state index contributed by atoms with van der Waals surface area (Å²) >= 11 is 1.37. The number of carbonyl (C=O) groups excluding carboxylic acids is 2. The molecule has 2 aromatic rings. The molecule has 2 N–H and O–H groups in total. The van der Waals surface area contributed by atoms with Crippen LogP contribution in [0.3, 0.4) is 0 Å². The molecule has 0 aliphatic carbocycles. The summed E-state index contributed by atoms with van der Waals surface area (Å²) in [6, 6.07) is 5.29. The van der Waals surface area contributed by atoms with Crippen LogP contribution < -0.4 is 20.3 Å². The molecule has 0 saturated carbocycles. The molecule has 2 aliphatic rings. The normalized spacial score (nSPS) is 18.4. The molecule has 2 aliphatic heterocycles. The van der Waals surface area contributed by atoms with Crippen molar-refractivity contribution in [3.63, 3.8) is 0 Å². The van der Waals surface area contributed by atoms with Gasteiger partial charge in [0.2, 0.25) is 10.0 Å². The molecule has 11 heteroatoms. The minimum absolute atomic E-state index is 0.0339. The zero-order chi connectivity index (χ0) is 22.9. The third-order valence-electron chi connectivity index (χ3n) is 5.49. The van der Waals surface area contributed by atoms with Gasteiger partial charge >= 0.3 is 0 Å². The van der Waals surface area contributed by atoms with E-state index in [1.54, 1.807) is 12.1 Å². The van der Waals surface area contributed by atoms with Gasteiger partial charge in [0.05, 0.1) is 9.77 Å². The van der Waals surface area contributed by atoms with Crippen molar-refractivity contribution in [2.24, 2.45) is 0 Å². The van der Waals surface area contributed by atoms with E-state index in [9.17, 15) is 18.0 Å². The van der Waals surface area contributed by atoms with Gasteiger partial charge in [-0.2, -0.15) is 4.31 Å². The number of thiophene rings is 1. The van der Waals surface area contributed by atoms with E-state index in [1.165, 1.54) is 27.8 Å².